The van der Waals surface area contributed by atoms with E-state index >= 15 is 0 Å². The summed E-state index contributed by atoms with van der Waals surface area (Å²) in [5, 5.41) is -0.0950. The molecule has 0 aliphatic heterocycles. The molecular formula is C8H9Cl2F3N2O. The SMILES string of the molecule is Cl.NCCOc1ncc(Cl)cc1C(F)(F)F. The van der Waals surface area contributed by atoms with E-state index < -0.39 is 17.6 Å². The number of rotatable bonds is 3. The zero-order chi connectivity index (χ0) is 11.5. The molecule has 0 aliphatic rings. The van der Waals surface area contributed by atoms with Gasteiger partial charge in [-0.3, -0.25) is 0 Å². The van der Waals surface area contributed by atoms with Gasteiger partial charge in [0.15, 0.2) is 0 Å². The van der Waals surface area contributed by atoms with Gasteiger partial charge in [-0.05, 0) is 6.07 Å². The minimum Gasteiger partial charge on any atom is -0.476 e. The third-order valence-corrected chi connectivity index (χ3v) is 1.69. The van der Waals surface area contributed by atoms with Crippen molar-refractivity contribution in [3.05, 3.63) is 22.8 Å². The van der Waals surface area contributed by atoms with Crippen LogP contribution in [0.25, 0.3) is 0 Å². The average molecular weight is 277 g/mol. The first-order valence-electron chi connectivity index (χ1n) is 4.00. The van der Waals surface area contributed by atoms with Crippen LogP contribution in [-0.4, -0.2) is 18.1 Å². The predicted octanol–water partition coefficient (Wildman–Crippen LogP) is 2.51. The third kappa shape index (κ3) is 4.03. The van der Waals surface area contributed by atoms with E-state index in [1.807, 2.05) is 0 Å². The summed E-state index contributed by atoms with van der Waals surface area (Å²) in [7, 11) is 0. The van der Waals surface area contributed by atoms with E-state index in [4.69, 9.17) is 22.1 Å². The lowest BCUT2D eigenvalue weighted by Crippen LogP contribution is -2.15. The first kappa shape index (κ1) is 15.3. The second-order valence-corrected chi connectivity index (χ2v) is 3.08. The van der Waals surface area contributed by atoms with Gasteiger partial charge in [-0.2, -0.15) is 13.2 Å². The van der Waals surface area contributed by atoms with E-state index in [0.717, 1.165) is 12.3 Å². The number of ether oxygens (including phenoxy) is 1. The lowest BCUT2D eigenvalue weighted by Gasteiger charge is -2.12. The molecule has 2 N–H and O–H groups in total. The lowest BCUT2D eigenvalue weighted by molar-refractivity contribution is -0.139. The maximum absolute atomic E-state index is 12.4. The summed E-state index contributed by atoms with van der Waals surface area (Å²) in [6.07, 6.45) is -3.45. The van der Waals surface area contributed by atoms with Gasteiger partial charge in [-0.15, -0.1) is 12.4 Å². The van der Waals surface area contributed by atoms with Gasteiger partial charge >= 0.3 is 6.18 Å². The fourth-order valence-corrected chi connectivity index (χ4v) is 1.06. The number of alkyl halides is 3. The average Bonchev–Trinajstić information content (AvgIpc) is 2.14. The van der Waals surface area contributed by atoms with E-state index in [1.54, 1.807) is 0 Å². The summed E-state index contributed by atoms with van der Waals surface area (Å²) >= 11 is 5.41. The Hall–Kier alpha value is -0.720. The molecule has 1 heterocycles. The van der Waals surface area contributed by atoms with Crippen molar-refractivity contribution in [2.24, 2.45) is 5.73 Å². The number of hydrogen-bond donors (Lipinski definition) is 1. The molecule has 3 nitrogen and oxygen atoms in total. The molecule has 0 bridgehead atoms. The molecule has 1 rings (SSSR count). The molecule has 0 radical (unpaired) electrons. The largest absolute Gasteiger partial charge is 0.476 e. The zero-order valence-electron chi connectivity index (χ0n) is 7.92. The molecule has 0 unspecified atom stereocenters. The maximum Gasteiger partial charge on any atom is 0.421 e. The van der Waals surface area contributed by atoms with Crippen molar-refractivity contribution in [1.29, 1.82) is 0 Å². The monoisotopic (exact) mass is 276 g/mol. The van der Waals surface area contributed by atoms with Crippen LogP contribution in [-0.2, 0) is 6.18 Å². The Morgan fingerprint density at radius 3 is 2.56 bits per heavy atom. The second-order valence-electron chi connectivity index (χ2n) is 2.64. The lowest BCUT2D eigenvalue weighted by atomic mass is 10.2. The van der Waals surface area contributed by atoms with Crippen LogP contribution in [0.1, 0.15) is 5.56 Å². The maximum atomic E-state index is 12.4. The number of nitrogens with zero attached hydrogens (tertiary/aromatic N) is 1. The molecule has 1 aromatic heterocycles. The Labute approximate surface area is 101 Å². The number of hydrogen-bond acceptors (Lipinski definition) is 3. The van der Waals surface area contributed by atoms with Crippen LogP contribution in [0.15, 0.2) is 12.3 Å². The highest BCUT2D eigenvalue weighted by Gasteiger charge is 2.35. The van der Waals surface area contributed by atoms with Crippen molar-refractivity contribution in [2.45, 2.75) is 6.18 Å². The summed E-state index contributed by atoms with van der Waals surface area (Å²) in [5.74, 6) is -0.502. The van der Waals surface area contributed by atoms with Crippen LogP contribution < -0.4 is 10.5 Å². The zero-order valence-corrected chi connectivity index (χ0v) is 9.49. The predicted molar refractivity (Wildman–Crippen MR) is 56.0 cm³/mol. The quantitative estimate of drug-likeness (QED) is 0.923. The molecule has 0 aliphatic carbocycles. The van der Waals surface area contributed by atoms with Crippen LogP contribution >= 0.6 is 24.0 Å². The highest BCUT2D eigenvalue weighted by atomic mass is 35.5. The molecule has 0 amide bonds. The Kier molecular flexibility index (Phi) is 5.85. The van der Waals surface area contributed by atoms with E-state index in [-0.39, 0.29) is 30.6 Å². The highest BCUT2D eigenvalue weighted by Crippen LogP contribution is 2.36. The molecule has 0 aromatic carbocycles. The van der Waals surface area contributed by atoms with E-state index in [0.29, 0.717) is 0 Å². The van der Waals surface area contributed by atoms with E-state index in [1.165, 1.54) is 0 Å². The molecule has 92 valence electrons. The van der Waals surface area contributed by atoms with Crippen LogP contribution in [0.2, 0.25) is 5.02 Å². The van der Waals surface area contributed by atoms with E-state index in [9.17, 15) is 13.2 Å². The standard InChI is InChI=1S/C8H8ClF3N2O.ClH/c9-5-3-6(8(10,11)12)7(14-4-5)15-2-1-13;/h3-4H,1-2,13H2;1H. The summed E-state index contributed by atoms with van der Waals surface area (Å²) in [6.45, 7) is 0.0827. The number of aromatic nitrogens is 1. The van der Waals surface area contributed by atoms with Crippen molar-refractivity contribution >= 4 is 24.0 Å². The summed E-state index contributed by atoms with van der Waals surface area (Å²) in [4.78, 5) is 3.45. The van der Waals surface area contributed by atoms with Gasteiger partial charge in [-0.1, -0.05) is 11.6 Å². The molecule has 8 heteroatoms. The minimum atomic E-state index is -4.54. The fourth-order valence-electron chi connectivity index (χ4n) is 0.900. The van der Waals surface area contributed by atoms with Crippen LogP contribution in [0.5, 0.6) is 5.88 Å². The van der Waals surface area contributed by atoms with Gasteiger partial charge in [0.2, 0.25) is 5.88 Å². The molecule has 0 saturated heterocycles. The third-order valence-electron chi connectivity index (χ3n) is 1.48. The van der Waals surface area contributed by atoms with Gasteiger partial charge in [0.25, 0.3) is 0 Å². The topological polar surface area (TPSA) is 48.1 Å². The number of halogens is 5. The molecular weight excluding hydrogens is 268 g/mol. The van der Waals surface area contributed by atoms with Crippen LogP contribution in [0.3, 0.4) is 0 Å². The Morgan fingerprint density at radius 1 is 1.44 bits per heavy atom. The molecule has 0 spiro atoms. The Morgan fingerprint density at radius 2 is 2.06 bits per heavy atom. The van der Waals surface area contributed by atoms with Crippen molar-refractivity contribution in [3.63, 3.8) is 0 Å². The number of nitrogens with two attached hydrogens (primary N) is 1. The molecule has 16 heavy (non-hydrogen) atoms. The van der Waals surface area contributed by atoms with Gasteiger partial charge in [0.05, 0.1) is 5.02 Å². The summed E-state index contributed by atoms with van der Waals surface area (Å²) in [6, 6.07) is 0.764. The van der Waals surface area contributed by atoms with Crippen molar-refractivity contribution in [2.75, 3.05) is 13.2 Å². The normalized spacial score (nSPS) is 10.8. The van der Waals surface area contributed by atoms with Gasteiger partial charge in [0.1, 0.15) is 12.2 Å². The van der Waals surface area contributed by atoms with Crippen molar-refractivity contribution in [1.82, 2.24) is 4.98 Å². The molecule has 0 fully saturated rings. The highest BCUT2D eigenvalue weighted by molar-refractivity contribution is 6.30. The molecule has 0 saturated carbocycles. The summed E-state index contributed by atoms with van der Waals surface area (Å²) < 4.78 is 42.1. The molecule has 1 aromatic rings. The fraction of sp³-hybridized carbons (Fsp3) is 0.375. The van der Waals surface area contributed by atoms with E-state index in [2.05, 4.69) is 4.98 Å². The first-order chi connectivity index (χ1) is 6.95. The first-order valence-corrected chi connectivity index (χ1v) is 4.38. The van der Waals surface area contributed by atoms with Crippen LogP contribution in [0, 0.1) is 0 Å². The minimum absolute atomic E-state index is 0. The van der Waals surface area contributed by atoms with Crippen molar-refractivity contribution in [3.8, 4) is 5.88 Å². The summed E-state index contributed by atoms with van der Waals surface area (Å²) in [5.41, 5.74) is 4.11. The Bertz CT molecular complexity index is 347. The number of pyridine rings is 1. The van der Waals surface area contributed by atoms with Gasteiger partial charge in [0, 0.05) is 12.7 Å². The Balaban J connectivity index is 0.00000225. The van der Waals surface area contributed by atoms with Gasteiger partial charge in [-0.25, -0.2) is 4.98 Å². The molecule has 0 atom stereocenters. The smallest absolute Gasteiger partial charge is 0.421 e. The van der Waals surface area contributed by atoms with Crippen LogP contribution in [0.4, 0.5) is 13.2 Å². The van der Waals surface area contributed by atoms with Gasteiger partial charge < -0.3 is 10.5 Å². The second kappa shape index (κ2) is 6.12. The van der Waals surface area contributed by atoms with Crippen molar-refractivity contribution < 1.29 is 17.9 Å².